The number of thiophene rings is 1. The smallest absolute Gasteiger partial charge is 0.292 e. The highest BCUT2D eigenvalue weighted by Gasteiger charge is 2.31. The Morgan fingerprint density at radius 1 is 1.23 bits per heavy atom. The molecule has 2 aromatic rings. The van der Waals surface area contributed by atoms with Crippen molar-refractivity contribution >= 4 is 28.6 Å². The number of hydrogen-bond acceptors (Lipinski definition) is 4. The van der Waals surface area contributed by atoms with Gasteiger partial charge in [-0.3, -0.25) is 14.9 Å². The van der Waals surface area contributed by atoms with Gasteiger partial charge in [0.2, 0.25) is 0 Å². The number of para-hydroxylation sites is 2. The summed E-state index contributed by atoms with van der Waals surface area (Å²) < 4.78 is 0. The van der Waals surface area contributed by atoms with E-state index in [1.165, 1.54) is 15.8 Å². The van der Waals surface area contributed by atoms with E-state index in [0.717, 1.165) is 32.7 Å². The van der Waals surface area contributed by atoms with Gasteiger partial charge in [-0.25, -0.2) is 0 Å². The summed E-state index contributed by atoms with van der Waals surface area (Å²) in [4.78, 5) is 27.4. The Hall–Kier alpha value is -2.29. The van der Waals surface area contributed by atoms with Crippen LogP contribution in [0, 0.1) is 10.1 Å². The Bertz CT molecular complexity index is 758. The van der Waals surface area contributed by atoms with Gasteiger partial charge in [-0.1, -0.05) is 18.2 Å². The molecule has 0 bridgehead atoms. The fraction of sp³-hybridized carbons (Fsp3) is 0.389. The number of nitrogens with one attached hydrogen (secondary N) is 3. The highest BCUT2D eigenvalue weighted by atomic mass is 32.1. The number of nitro groups is 1. The number of amides is 1. The monoisotopic (exact) mass is 376 g/mol. The molecule has 0 saturated carbocycles. The van der Waals surface area contributed by atoms with E-state index >= 15 is 0 Å². The number of benzene rings is 1. The zero-order valence-corrected chi connectivity index (χ0v) is 15.6. The normalized spacial score (nSPS) is 21.1. The van der Waals surface area contributed by atoms with Gasteiger partial charge < -0.3 is 15.1 Å². The zero-order valence-electron chi connectivity index (χ0n) is 14.7. The van der Waals surface area contributed by atoms with Crippen LogP contribution in [0.4, 0.5) is 11.4 Å². The maximum absolute atomic E-state index is 12.6. The first-order valence-electron chi connectivity index (χ1n) is 8.79. The average molecular weight is 376 g/mol. The van der Waals surface area contributed by atoms with Crippen LogP contribution in [-0.4, -0.2) is 43.1 Å². The number of quaternary nitrogens is 2. The second-order valence-electron chi connectivity index (χ2n) is 6.65. The maximum Gasteiger partial charge on any atom is 0.292 e. The van der Waals surface area contributed by atoms with Crippen molar-refractivity contribution in [2.24, 2.45) is 0 Å². The first-order chi connectivity index (χ1) is 12.5. The molecule has 8 heteroatoms. The van der Waals surface area contributed by atoms with Crippen LogP contribution in [0.15, 0.2) is 41.8 Å². The molecule has 2 heterocycles. The minimum absolute atomic E-state index is 0.0757. The van der Waals surface area contributed by atoms with Crippen molar-refractivity contribution in [2.75, 3.05) is 31.5 Å². The van der Waals surface area contributed by atoms with Gasteiger partial charge in [0, 0.05) is 6.07 Å². The lowest BCUT2D eigenvalue weighted by atomic mass is 10.2. The number of nitro benzene ring substituents is 1. The minimum atomic E-state index is -0.472. The Kier molecular flexibility index (Phi) is 5.97. The van der Waals surface area contributed by atoms with Crippen LogP contribution in [-0.2, 0) is 11.3 Å². The maximum atomic E-state index is 12.6. The second-order valence-corrected chi connectivity index (χ2v) is 7.68. The molecule has 0 spiro atoms. The van der Waals surface area contributed by atoms with Crippen LogP contribution in [0.1, 0.15) is 11.8 Å². The minimum Gasteiger partial charge on any atom is -0.321 e. The molecule has 1 aliphatic rings. The average Bonchev–Trinajstić information content (AvgIpc) is 3.15. The van der Waals surface area contributed by atoms with Crippen LogP contribution < -0.4 is 15.1 Å². The summed E-state index contributed by atoms with van der Waals surface area (Å²) in [6, 6.07) is 10.3. The molecule has 1 fully saturated rings. The van der Waals surface area contributed by atoms with E-state index in [1.807, 2.05) is 6.92 Å². The van der Waals surface area contributed by atoms with Crippen LogP contribution >= 0.6 is 11.3 Å². The lowest BCUT2D eigenvalue weighted by molar-refractivity contribution is -1.02. The van der Waals surface area contributed by atoms with E-state index in [-0.39, 0.29) is 23.3 Å². The summed E-state index contributed by atoms with van der Waals surface area (Å²) in [5.74, 6) is -0.170. The SMILES string of the molecule is C[C@H](C(=O)Nc1ccccc1[N+](=O)[O-])[NH+]1CC[NH+](Cc2cccs2)CC1. The highest BCUT2D eigenvalue weighted by molar-refractivity contribution is 7.09. The Morgan fingerprint density at radius 2 is 1.96 bits per heavy atom. The third kappa shape index (κ3) is 4.46. The standard InChI is InChI=1S/C18H22N4O3S/c1-14(18(23)19-16-6-2-3-7-17(16)22(24)25)21-10-8-20(9-11-21)13-15-5-4-12-26-15/h2-7,12,14H,8-11,13H2,1H3,(H,19,23)/p+2/t14-/m1/s1. The van der Waals surface area contributed by atoms with Crippen LogP contribution in [0.25, 0.3) is 0 Å². The van der Waals surface area contributed by atoms with E-state index < -0.39 is 4.92 Å². The van der Waals surface area contributed by atoms with Crippen molar-refractivity contribution in [3.8, 4) is 0 Å². The second kappa shape index (κ2) is 8.39. The Labute approximate surface area is 156 Å². The van der Waals surface area contributed by atoms with Crippen molar-refractivity contribution in [3.63, 3.8) is 0 Å². The fourth-order valence-electron chi connectivity index (χ4n) is 3.36. The van der Waals surface area contributed by atoms with E-state index in [9.17, 15) is 14.9 Å². The molecule has 138 valence electrons. The summed E-state index contributed by atoms with van der Waals surface area (Å²) in [6.45, 7) is 6.83. The molecule has 1 aliphatic heterocycles. The number of rotatable bonds is 6. The summed E-state index contributed by atoms with van der Waals surface area (Å²) >= 11 is 1.79. The number of piperazine rings is 1. The third-order valence-corrected chi connectivity index (χ3v) is 5.84. The molecule has 3 rings (SSSR count). The lowest BCUT2D eigenvalue weighted by Gasteiger charge is -2.32. The summed E-state index contributed by atoms with van der Waals surface area (Å²) in [5, 5.41) is 15.9. The molecular formula is C18H24N4O3S+2. The largest absolute Gasteiger partial charge is 0.321 e. The first-order valence-corrected chi connectivity index (χ1v) is 9.67. The fourth-order valence-corrected chi connectivity index (χ4v) is 4.14. The Balaban J connectivity index is 1.54. The van der Waals surface area contributed by atoms with Gasteiger partial charge in [-0.2, -0.15) is 0 Å². The molecule has 1 atom stereocenters. The molecule has 1 aromatic heterocycles. The highest BCUT2D eigenvalue weighted by Crippen LogP contribution is 2.23. The van der Waals surface area contributed by atoms with Crippen molar-refractivity contribution in [2.45, 2.75) is 19.5 Å². The van der Waals surface area contributed by atoms with Crippen molar-refractivity contribution < 1.29 is 19.5 Å². The number of nitrogens with zero attached hydrogens (tertiary/aromatic N) is 1. The topological polar surface area (TPSA) is 81.1 Å². The molecule has 0 unspecified atom stereocenters. The number of hydrogen-bond donors (Lipinski definition) is 3. The summed E-state index contributed by atoms with van der Waals surface area (Å²) in [6.07, 6.45) is 0. The molecule has 1 saturated heterocycles. The molecule has 0 radical (unpaired) electrons. The van der Waals surface area contributed by atoms with E-state index in [0.29, 0.717) is 0 Å². The summed E-state index contributed by atoms with van der Waals surface area (Å²) in [5.41, 5.74) is 0.184. The molecule has 0 aliphatic carbocycles. The number of carbonyl (C=O) groups excluding carboxylic acids is 1. The summed E-state index contributed by atoms with van der Waals surface area (Å²) in [7, 11) is 0. The first kappa shape index (κ1) is 18.5. The van der Waals surface area contributed by atoms with Gasteiger partial charge in [0.15, 0.2) is 6.04 Å². The van der Waals surface area contributed by atoms with Crippen LogP contribution in [0.5, 0.6) is 0 Å². The van der Waals surface area contributed by atoms with Gasteiger partial charge in [-0.15, -0.1) is 11.3 Å². The molecular weight excluding hydrogens is 352 g/mol. The molecule has 26 heavy (non-hydrogen) atoms. The molecule has 7 nitrogen and oxygen atoms in total. The van der Waals surface area contributed by atoms with Crippen molar-refractivity contribution in [1.29, 1.82) is 0 Å². The van der Waals surface area contributed by atoms with E-state index in [4.69, 9.17) is 0 Å². The number of carbonyl (C=O) groups is 1. The predicted octanol–water partition coefficient (Wildman–Crippen LogP) is -0.0331. The van der Waals surface area contributed by atoms with Gasteiger partial charge in [-0.05, 0) is 24.4 Å². The van der Waals surface area contributed by atoms with Gasteiger partial charge in [0.1, 0.15) is 38.4 Å². The van der Waals surface area contributed by atoms with Gasteiger partial charge in [0.25, 0.3) is 11.6 Å². The lowest BCUT2D eigenvalue weighted by Crippen LogP contribution is -3.29. The Morgan fingerprint density at radius 3 is 2.62 bits per heavy atom. The predicted molar refractivity (Wildman–Crippen MR) is 101 cm³/mol. The van der Waals surface area contributed by atoms with E-state index in [1.54, 1.807) is 34.4 Å². The third-order valence-electron chi connectivity index (χ3n) is 4.97. The number of anilines is 1. The van der Waals surface area contributed by atoms with Gasteiger partial charge in [0.05, 0.1) is 9.80 Å². The molecule has 3 N–H and O–H groups in total. The zero-order chi connectivity index (χ0) is 18.5. The van der Waals surface area contributed by atoms with Crippen LogP contribution in [0.2, 0.25) is 0 Å². The van der Waals surface area contributed by atoms with E-state index in [2.05, 4.69) is 22.8 Å². The van der Waals surface area contributed by atoms with Gasteiger partial charge >= 0.3 is 0 Å². The molecule has 1 amide bonds. The van der Waals surface area contributed by atoms with Crippen molar-refractivity contribution in [3.05, 3.63) is 56.8 Å². The molecule has 1 aromatic carbocycles. The quantitative estimate of drug-likeness (QED) is 0.489. The van der Waals surface area contributed by atoms with Crippen LogP contribution in [0.3, 0.4) is 0 Å². The van der Waals surface area contributed by atoms with Crippen molar-refractivity contribution in [1.82, 2.24) is 0 Å².